The van der Waals surface area contributed by atoms with E-state index in [4.69, 9.17) is 4.42 Å². The number of benzene rings is 8. The van der Waals surface area contributed by atoms with E-state index < -0.39 is 0 Å². The molecule has 0 radical (unpaired) electrons. The van der Waals surface area contributed by atoms with E-state index in [9.17, 15) is 0 Å². The lowest BCUT2D eigenvalue weighted by Crippen LogP contribution is -1.97. The van der Waals surface area contributed by atoms with Crippen molar-refractivity contribution in [3.05, 3.63) is 170 Å². The van der Waals surface area contributed by atoms with Gasteiger partial charge in [-0.3, -0.25) is 0 Å². The Balaban J connectivity index is 1.23. The molecule has 3 aromatic heterocycles. The van der Waals surface area contributed by atoms with E-state index >= 15 is 0 Å². The SMILES string of the molecule is c1ccc(-n2c3ccccc3c3cc4c5ccccc5n(-c5ccc(-c6cccc7c6oc6ccccc67)c6ccccc56)c4cc32)cc1. The van der Waals surface area contributed by atoms with Gasteiger partial charge in [0.2, 0.25) is 0 Å². The number of hydrogen-bond acceptors (Lipinski definition) is 1. The highest BCUT2D eigenvalue weighted by atomic mass is 16.3. The minimum atomic E-state index is 0.912. The van der Waals surface area contributed by atoms with Gasteiger partial charge < -0.3 is 13.6 Å². The van der Waals surface area contributed by atoms with Crippen molar-refractivity contribution in [1.82, 2.24) is 9.13 Å². The quantitative estimate of drug-likeness (QED) is 0.192. The van der Waals surface area contributed by atoms with Gasteiger partial charge in [0.15, 0.2) is 0 Å². The van der Waals surface area contributed by atoms with Crippen LogP contribution in [0.25, 0.3) is 98.8 Å². The van der Waals surface area contributed by atoms with E-state index in [2.05, 4.69) is 173 Å². The van der Waals surface area contributed by atoms with E-state index in [1.807, 2.05) is 6.07 Å². The van der Waals surface area contributed by atoms with Crippen LogP contribution >= 0.6 is 0 Å². The minimum Gasteiger partial charge on any atom is -0.455 e. The van der Waals surface area contributed by atoms with E-state index in [-0.39, 0.29) is 0 Å². The van der Waals surface area contributed by atoms with Crippen molar-refractivity contribution in [2.24, 2.45) is 0 Å². The topological polar surface area (TPSA) is 23.0 Å². The summed E-state index contributed by atoms with van der Waals surface area (Å²) in [5.74, 6) is 0. The summed E-state index contributed by atoms with van der Waals surface area (Å²) in [5.41, 5.74) is 11.2. The van der Waals surface area contributed by atoms with Gasteiger partial charge in [0.25, 0.3) is 0 Å². The third-order valence-corrected chi connectivity index (χ3v) is 10.3. The van der Waals surface area contributed by atoms with Crippen LogP contribution in [0.4, 0.5) is 0 Å². The summed E-state index contributed by atoms with van der Waals surface area (Å²) in [7, 11) is 0. The molecule has 0 spiro atoms. The summed E-state index contributed by atoms with van der Waals surface area (Å²) in [6, 6.07) is 61.2. The van der Waals surface area contributed by atoms with Crippen LogP contribution in [-0.4, -0.2) is 9.13 Å². The molecule has 0 aliphatic rings. The van der Waals surface area contributed by atoms with Gasteiger partial charge in [-0.15, -0.1) is 0 Å². The van der Waals surface area contributed by atoms with Crippen molar-refractivity contribution in [3.8, 4) is 22.5 Å². The Labute approximate surface area is 281 Å². The minimum absolute atomic E-state index is 0.912. The van der Waals surface area contributed by atoms with Crippen LogP contribution in [0, 0.1) is 0 Å². The Hall–Kier alpha value is -6.58. The normalized spacial score (nSPS) is 12.1. The van der Waals surface area contributed by atoms with Crippen LogP contribution in [0.15, 0.2) is 174 Å². The van der Waals surface area contributed by atoms with Crippen molar-refractivity contribution in [1.29, 1.82) is 0 Å². The van der Waals surface area contributed by atoms with Crippen molar-refractivity contribution in [2.75, 3.05) is 0 Å². The second kappa shape index (κ2) is 9.96. The van der Waals surface area contributed by atoms with Gasteiger partial charge in [-0.05, 0) is 59.5 Å². The predicted molar refractivity (Wildman–Crippen MR) is 205 cm³/mol. The molecule has 0 saturated carbocycles. The molecule has 11 rings (SSSR count). The fraction of sp³-hybridized carbons (Fsp3) is 0. The van der Waals surface area contributed by atoms with E-state index in [1.54, 1.807) is 0 Å². The van der Waals surface area contributed by atoms with Crippen LogP contribution in [0.1, 0.15) is 0 Å². The van der Waals surface area contributed by atoms with Gasteiger partial charge in [-0.1, -0.05) is 121 Å². The number of nitrogens with zero attached hydrogens (tertiary/aromatic N) is 2. The van der Waals surface area contributed by atoms with Crippen molar-refractivity contribution >= 4 is 76.3 Å². The average Bonchev–Trinajstić information content (AvgIpc) is 3.81. The van der Waals surface area contributed by atoms with E-state index in [0.29, 0.717) is 0 Å². The average molecular weight is 625 g/mol. The van der Waals surface area contributed by atoms with Gasteiger partial charge in [0.1, 0.15) is 11.2 Å². The fourth-order valence-corrected chi connectivity index (χ4v) is 8.22. The Morgan fingerprint density at radius 1 is 0.327 bits per heavy atom. The molecule has 0 saturated heterocycles. The van der Waals surface area contributed by atoms with Crippen molar-refractivity contribution < 1.29 is 4.42 Å². The maximum atomic E-state index is 6.51. The Morgan fingerprint density at radius 3 is 1.69 bits per heavy atom. The molecule has 0 amide bonds. The molecule has 0 atom stereocenters. The molecule has 8 aromatic carbocycles. The summed E-state index contributed by atoms with van der Waals surface area (Å²) in [5, 5.41) is 9.68. The fourth-order valence-electron chi connectivity index (χ4n) is 8.22. The number of rotatable bonds is 3. The summed E-state index contributed by atoms with van der Waals surface area (Å²) in [6.07, 6.45) is 0. The van der Waals surface area contributed by atoms with Crippen molar-refractivity contribution in [3.63, 3.8) is 0 Å². The molecule has 228 valence electrons. The lowest BCUT2D eigenvalue weighted by molar-refractivity contribution is 0.670. The zero-order valence-electron chi connectivity index (χ0n) is 26.5. The highest BCUT2D eigenvalue weighted by molar-refractivity contribution is 6.20. The van der Waals surface area contributed by atoms with Gasteiger partial charge >= 0.3 is 0 Å². The molecular formula is C46H28N2O. The maximum absolute atomic E-state index is 6.51. The molecule has 0 aliphatic carbocycles. The summed E-state index contributed by atoms with van der Waals surface area (Å²) < 4.78 is 11.4. The van der Waals surface area contributed by atoms with E-state index in [0.717, 1.165) is 44.4 Å². The summed E-state index contributed by atoms with van der Waals surface area (Å²) >= 11 is 0. The largest absolute Gasteiger partial charge is 0.455 e. The number of furan rings is 1. The van der Waals surface area contributed by atoms with Gasteiger partial charge in [-0.25, -0.2) is 0 Å². The van der Waals surface area contributed by atoms with Crippen LogP contribution in [0.2, 0.25) is 0 Å². The van der Waals surface area contributed by atoms with Gasteiger partial charge in [0, 0.05) is 49.0 Å². The first-order valence-corrected chi connectivity index (χ1v) is 16.8. The molecule has 3 heteroatoms. The number of hydrogen-bond donors (Lipinski definition) is 0. The Bertz CT molecular complexity index is 3100. The number of aromatic nitrogens is 2. The lowest BCUT2D eigenvalue weighted by atomic mass is 9.95. The third kappa shape index (κ3) is 3.67. The molecule has 0 aliphatic heterocycles. The Morgan fingerprint density at radius 2 is 0.918 bits per heavy atom. The maximum Gasteiger partial charge on any atom is 0.143 e. The van der Waals surface area contributed by atoms with E-state index in [1.165, 1.54) is 54.4 Å². The first-order valence-electron chi connectivity index (χ1n) is 16.8. The zero-order valence-corrected chi connectivity index (χ0v) is 26.5. The van der Waals surface area contributed by atoms with Gasteiger partial charge in [-0.2, -0.15) is 0 Å². The third-order valence-electron chi connectivity index (χ3n) is 10.3. The molecule has 0 N–H and O–H groups in total. The molecule has 49 heavy (non-hydrogen) atoms. The monoisotopic (exact) mass is 624 g/mol. The smallest absolute Gasteiger partial charge is 0.143 e. The molecule has 3 heterocycles. The van der Waals surface area contributed by atoms with Crippen LogP contribution in [0.3, 0.4) is 0 Å². The molecule has 0 unspecified atom stereocenters. The van der Waals surface area contributed by atoms with Crippen LogP contribution in [-0.2, 0) is 0 Å². The second-order valence-electron chi connectivity index (χ2n) is 12.9. The molecule has 0 bridgehead atoms. The molecule has 3 nitrogen and oxygen atoms in total. The summed E-state index contributed by atoms with van der Waals surface area (Å²) in [4.78, 5) is 0. The first kappa shape index (κ1) is 26.5. The Kier molecular flexibility index (Phi) is 5.38. The highest BCUT2D eigenvalue weighted by Crippen LogP contribution is 2.43. The standard InChI is InChI=1S/C46H28N2O/c1-2-13-29(14-3-1)47-40-22-9-6-17-33(40)38-27-39-34-18-7-10-23-41(34)48(44(39)28-43(38)47)42-26-25-31(30-15-4-5-16-32(30)42)36-20-12-21-37-35-19-8-11-24-45(35)49-46(36)37/h1-28H. The van der Waals surface area contributed by atoms with Gasteiger partial charge in [0.05, 0.1) is 27.8 Å². The predicted octanol–water partition coefficient (Wildman–Crippen LogP) is 12.6. The molecule has 11 aromatic rings. The lowest BCUT2D eigenvalue weighted by Gasteiger charge is -2.15. The molecular weight excluding hydrogens is 597 g/mol. The van der Waals surface area contributed by atoms with Crippen LogP contribution in [0.5, 0.6) is 0 Å². The van der Waals surface area contributed by atoms with Crippen molar-refractivity contribution in [2.45, 2.75) is 0 Å². The first-order chi connectivity index (χ1) is 24.3. The number of para-hydroxylation sites is 5. The molecule has 0 fully saturated rings. The second-order valence-corrected chi connectivity index (χ2v) is 12.9. The number of fused-ring (bicyclic) bond motifs is 10. The summed E-state index contributed by atoms with van der Waals surface area (Å²) in [6.45, 7) is 0. The van der Waals surface area contributed by atoms with Crippen LogP contribution < -0.4 is 0 Å². The zero-order chi connectivity index (χ0) is 32.1. The highest BCUT2D eigenvalue weighted by Gasteiger charge is 2.21.